The quantitative estimate of drug-likeness (QED) is 0.441. The summed E-state index contributed by atoms with van der Waals surface area (Å²) >= 11 is 0. The van der Waals surface area contributed by atoms with Gasteiger partial charge in [-0.1, -0.05) is 6.58 Å². The minimum atomic E-state index is -0.638. The van der Waals surface area contributed by atoms with Crippen molar-refractivity contribution in [2.45, 2.75) is 6.42 Å². The van der Waals surface area contributed by atoms with Crippen LogP contribution in [0.25, 0.3) is 0 Å². The Morgan fingerprint density at radius 3 is 2.75 bits per heavy atom. The van der Waals surface area contributed by atoms with Crippen LogP contribution in [0.4, 0.5) is 4.79 Å². The van der Waals surface area contributed by atoms with Gasteiger partial charge in [0.1, 0.15) is 12.4 Å². The molecule has 3 nitrogen and oxygen atoms in total. The van der Waals surface area contributed by atoms with E-state index < -0.39 is 6.16 Å². The molecule has 0 aromatic rings. The Labute approximate surface area is 46.9 Å². The average molecular weight is 114 g/mol. The maximum absolute atomic E-state index is 10.2. The third-order valence-electron chi connectivity index (χ3n) is 0.828. The molecule has 0 aliphatic carbocycles. The molecule has 0 saturated carbocycles. The zero-order valence-electron chi connectivity index (χ0n) is 4.35. The lowest BCUT2D eigenvalue weighted by Crippen LogP contribution is -2.14. The highest BCUT2D eigenvalue weighted by Gasteiger charge is 2.12. The fourth-order valence-corrected chi connectivity index (χ4v) is 0.447. The summed E-state index contributed by atoms with van der Waals surface area (Å²) in [6.45, 7) is 3.84. The zero-order valence-corrected chi connectivity index (χ0v) is 4.35. The highest BCUT2D eigenvalue weighted by Crippen LogP contribution is 2.08. The van der Waals surface area contributed by atoms with Gasteiger partial charge in [0.15, 0.2) is 0 Å². The van der Waals surface area contributed by atoms with Gasteiger partial charge in [-0.2, -0.15) is 0 Å². The SMILES string of the molecule is C=C1CCOC(=O)O1. The highest BCUT2D eigenvalue weighted by molar-refractivity contribution is 5.62. The second kappa shape index (κ2) is 1.86. The van der Waals surface area contributed by atoms with E-state index in [9.17, 15) is 4.79 Å². The lowest BCUT2D eigenvalue weighted by atomic mass is 10.4. The summed E-state index contributed by atoms with van der Waals surface area (Å²) in [7, 11) is 0. The van der Waals surface area contributed by atoms with Gasteiger partial charge in [0, 0.05) is 6.42 Å². The molecule has 1 heterocycles. The smallest absolute Gasteiger partial charge is 0.434 e. The van der Waals surface area contributed by atoms with E-state index >= 15 is 0 Å². The van der Waals surface area contributed by atoms with Crippen LogP contribution in [-0.4, -0.2) is 12.8 Å². The molecule has 0 atom stereocenters. The average Bonchev–Trinajstić information content (AvgIpc) is 1.64. The molecule has 0 bridgehead atoms. The molecular weight excluding hydrogens is 108 g/mol. The monoisotopic (exact) mass is 114 g/mol. The molecule has 3 heteroatoms. The fourth-order valence-electron chi connectivity index (χ4n) is 0.447. The first-order valence-electron chi connectivity index (χ1n) is 2.31. The van der Waals surface area contributed by atoms with E-state index in [0.717, 1.165) is 0 Å². The normalized spacial score (nSPS) is 19.5. The topological polar surface area (TPSA) is 35.5 Å². The Balaban J connectivity index is 2.45. The maximum Gasteiger partial charge on any atom is 0.513 e. The van der Waals surface area contributed by atoms with E-state index in [-0.39, 0.29) is 0 Å². The van der Waals surface area contributed by atoms with Gasteiger partial charge >= 0.3 is 6.16 Å². The second-order valence-electron chi connectivity index (χ2n) is 1.49. The van der Waals surface area contributed by atoms with Crippen molar-refractivity contribution in [1.82, 2.24) is 0 Å². The molecule has 8 heavy (non-hydrogen) atoms. The van der Waals surface area contributed by atoms with Gasteiger partial charge in [0.05, 0.1) is 0 Å². The predicted molar refractivity (Wildman–Crippen MR) is 26.2 cm³/mol. The van der Waals surface area contributed by atoms with Gasteiger partial charge in [-0.05, 0) is 0 Å². The number of rotatable bonds is 0. The van der Waals surface area contributed by atoms with Crippen molar-refractivity contribution in [1.29, 1.82) is 0 Å². The van der Waals surface area contributed by atoms with Crippen molar-refractivity contribution in [2.24, 2.45) is 0 Å². The molecule has 1 saturated heterocycles. The lowest BCUT2D eigenvalue weighted by Gasteiger charge is -2.12. The molecular formula is C5H6O3. The number of hydrogen-bond acceptors (Lipinski definition) is 3. The van der Waals surface area contributed by atoms with Crippen molar-refractivity contribution < 1.29 is 14.3 Å². The third-order valence-corrected chi connectivity index (χ3v) is 0.828. The molecule has 0 radical (unpaired) electrons. The van der Waals surface area contributed by atoms with Crippen LogP contribution < -0.4 is 0 Å². The van der Waals surface area contributed by atoms with Crippen molar-refractivity contribution in [3.63, 3.8) is 0 Å². The molecule has 0 N–H and O–H groups in total. The minimum Gasteiger partial charge on any atom is -0.434 e. The van der Waals surface area contributed by atoms with Crippen LogP contribution in [0.1, 0.15) is 6.42 Å². The number of hydrogen-bond donors (Lipinski definition) is 0. The van der Waals surface area contributed by atoms with Crippen molar-refractivity contribution in [2.75, 3.05) is 6.61 Å². The van der Waals surface area contributed by atoms with Crippen LogP contribution in [-0.2, 0) is 9.47 Å². The third kappa shape index (κ3) is 0.992. The Bertz CT molecular complexity index is 114. The first-order chi connectivity index (χ1) is 3.79. The van der Waals surface area contributed by atoms with Gasteiger partial charge in [0.25, 0.3) is 0 Å². The maximum atomic E-state index is 10.2. The summed E-state index contributed by atoms with van der Waals surface area (Å²) in [5.74, 6) is 0.487. The fraction of sp³-hybridized carbons (Fsp3) is 0.400. The van der Waals surface area contributed by atoms with E-state index in [4.69, 9.17) is 0 Å². The van der Waals surface area contributed by atoms with Crippen LogP contribution >= 0.6 is 0 Å². The molecule has 0 amide bonds. The number of carbonyl (C=O) groups is 1. The molecule has 1 rings (SSSR count). The van der Waals surface area contributed by atoms with Crippen LogP contribution in [0, 0.1) is 0 Å². The van der Waals surface area contributed by atoms with E-state index in [1.165, 1.54) is 0 Å². The van der Waals surface area contributed by atoms with Crippen LogP contribution in [0.2, 0.25) is 0 Å². The van der Waals surface area contributed by atoms with Crippen LogP contribution in [0.3, 0.4) is 0 Å². The Morgan fingerprint density at radius 1 is 1.62 bits per heavy atom. The summed E-state index contributed by atoms with van der Waals surface area (Å²) in [5, 5.41) is 0. The van der Waals surface area contributed by atoms with Crippen LogP contribution in [0.15, 0.2) is 12.3 Å². The molecule has 0 unspecified atom stereocenters. The van der Waals surface area contributed by atoms with Gasteiger partial charge in [-0.3, -0.25) is 0 Å². The molecule has 1 fully saturated rings. The first-order valence-corrected chi connectivity index (χ1v) is 2.31. The van der Waals surface area contributed by atoms with Gasteiger partial charge in [-0.25, -0.2) is 4.79 Å². The molecule has 1 aliphatic heterocycles. The number of ether oxygens (including phenoxy) is 2. The minimum absolute atomic E-state index is 0.400. The van der Waals surface area contributed by atoms with E-state index in [1.807, 2.05) is 0 Å². The summed E-state index contributed by atoms with van der Waals surface area (Å²) in [5.41, 5.74) is 0. The highest BCUT2D eigenvalue weighted by atomic mass is 16.7. The summed E-state index contributed by atoms with van der Waals surface area (Å²) < 4.78 is 8.86. The summed E-state index contributed by atoms with van der Waals surface area (Å²) in [6, 6.07) is 0. The van der Waals surface area contributed by atoms with Gasteiger partial charge < -0.3 is 9.47 Å². The molecule has 0 aromatic carbocycles. The number of carbonyl (C=O) groups excluding carboxylic acids is 1. The molecule has 44 valence electrons. The first kappa shape index (κ1) is 5.15. The summed E-state index contributed by atoms with van der Waals surface area (Å²) in [6.07, 6.45) is -0.0209. The van der Waals surface area contributed by atoms with Crippen LogP contribution in [0.5, 0.6) is 0 Å². The predicted octanol–water partition coefficient (Wildman–Crippen LogP) is 1.06. The summed E-state index contributed by atoms with van der Waals surface area (Å²) in [4.78, 5) is 10.2. The van der Waals surface area contributed by atoms with Crippen molar-refractivity contribution in [3.05, 3.63) is 12.3 Å². The van der Waals surface area contributed by atoms with E-state index in [2.05, 4.69) is 16.1 Å². The lowest BCUT2D eigenvalue weighted by molar-refractivity contribution is 0.0494. The standard InChI is InChI=1S/C5H6O3/c1-4-2-3-7-5(6)8-4/h1-3H2. The van der Waals surface area contributed by atoms with Crippen molar-refractivity contribution >= 4 is 6.16 Å². The number of cyclic esters (lactones) is 2. The Kier molecular flexibility index (Phi) is 1.20. The second-order valence-corrected chi connectivity index (χ2v) is 1.49. The van der Waals surface area contributed by atoms with Gasteiger partial charge in [0.2, 0.25) is 0 Å². The van der Waals surface area contributed by atoms with Gasteiger partial charge in [-0.15, -0.1) is 0 Å². The largest absolute Gasteiger partial charge is 0.513 e. The molecule has 1 aliphatic rings. The van der Waals surface area contributed by atoms with Crippen molar-refractivity contribution in [3.8, 4) is 0 Å². The zero-order chi connectivity index (χ0) is 5.98. The Hall–Kier alpha value is -0.990. The Morgan fingerprint density at radius 2 is 2.38 bits per heavy atom. The van der Waals surface area contributed by atoms with E-state index in [0.29, 0.717) is 18.8 Å². The van der Waals surface area contributed by atoms with E-state index in [1.54, 1.807) is 0 Å². The molecule has 0 spiro atoms. The molecule has 0 aromatic heterocycles.